The van der Waals surface area contributed by atoms with Gasteiger partial charge in [0.1, 0.15) is 12.7 Å². The molecule has 1 amide bonds. The minimum atomic E-state index is -3.37. The molecule has 0 unspecified atom stereocenters. The van der Waals surface area contributed by atoms with Gasteiger partial charge >= 0.3 is 0 Å². The molecule has 9 nitrogen and oxygen atoms in total. The van der Waals surface area contributed by atoms with Gasteiger partial charge in [-0.05, 0) is 18.2 Å². The second kappa shape index (κ2) is 7.52. The van der Waals surface area contributed by atoms with Crippen LogP contribution in [0.1, 0.15) is 10.4 Å². The normalized spacial score (nSPS) is 20.4. The van der Waals surface area contributed by atoms with Crippen LogP contribution >= 0.6 is 0 Å². The molecule has 1 aromatic heterocycles. The molecule has 140 valence electrons. The van der Waals surface area contributed by atoms with Crippen molar-refractivity contribution in [1.29, 1.82) is 0 Å². The molecule has 1 saturated heterocycles. The van der Waals surface area contributed by atoms with Crippen LogP contribution in [-0.2, 0) is 14.8 Å². The average molecular weight is 379 g/mol. The number of aromatic nitrogens is 3. The van der Waals surface area contributed by atoms with Crippen LogP contribution in [0.4, 0.5) is 0 Å². The lowest BCUT2D eigenvalue weighted by Crippen LogP contribution is -2.43. The van der Waals surface area contributed by atoms with Crippen molar-refractivity contribution in [2.24, 2.45) is 5.92 Å². The molecule has 1 N–H and O–H groups in total. The zero-order valence-electron chi connectivity index (χ0n) is 14.6. The first-order chi connectivity index (χ1) is 12.4. The van der Waals surface area contributed by atoms with Crippen LogP contribution in [0, 0.1) is 5.92 Å². The van der Waals surface area contributed by atoms with Gasteiger partial charge in [0, 0.05) is 31.3 Å². The maximum atomic E-state index is 12.6. The lowest BCUT2D eigenvalue weighted by molar-refractivity contribution is 0.0926. The fourth-order valence-electron chi connectivity index (χ4n) is 2.74. The number of benzene rings is 1. The van der Waals surface area contributed by atoms with Crippen LogP contribution < -0.4 is 5.32 Å². The summed E-state index contributed by atoms with van der Waals surface area (Å²) < 4.78 is 32.5. The summed E-state index contributed by atoms with van der Waals surface area (Å²) in [6, 6.07) is 6.68. The predicted molar refractivity (Wildman–Crippen MR) is 94.4 cm³/mol. The van der Waals surface area contributed by atoms with Gasteiger partial charge in [-0.2, -0.15) is 0 Å². The van der Waals surface area contributed by atoms with E-state index in [1.165, 1.54) is 18.4 Å². The molecule has 0 spiro atoms. The quantitative estimate of drug-likeness (QED) is 0.751. The molecule has 0 bridgehead atoms. The van der Waals surface area contributed by atoms with Crippen LogP contribution in [0.15, 0.2) is 36.9 Å². The monoisotopic (exact) mass is 379 g/mol. The Kier molecular flexibility index (Phi) is 5.35. The topological polar surface area (TPSA) is 106 Å². The zero-order chi connectivity index (χ0) is 18.7. The van der Waals surface area contributed by atoms with Gasteiger partial charge in [0.25, 0.3) is 5.91 Å². The van der Waals surface area contributed by atoms with Gasteiger partial charge < -0.3 is 10.1 Å². The Morgan fingerprint density at radius 2 is 2.04 bits per heavy atom. The van der Waals surface area contributed by atoms with E-state index in [0.717, 1.165) is 5.69 Å². The third kappa shape index (κ3) is 4.09. The fourth-order valence-corrected chi connectivity index (χ4v) is 3.90. The van der Waals surface area contributed by atoms with Crippen LogP contribution in [0.5, 0.6) is 0 Å². The summed E-state index contributed by atoms with van der Waals surface area (Å²) in [6.07, 6.45) is 3.09. The number of nitrogens with zero attached hydrogens (tertiary/aromatic N) is 4. The lowest BCUT2D eigenvalue weighted by atomic mass is 10.1. The molecular weight excluding hydrogens is 358 g/mol. The van der Waals surface area contributed by atoms with Crippen LogP contribution in [0.25, 0.3) is 5.69 Å². The molecule has 1 aliphatic rings. The van der Waals surface area contributed by atoms with E-state index in [1.54, 1.807) is 35.4 Å². The third-order valence-electron chi connectivity index (χ3n) is 4.32. The highest BCUT2D eigenvalue weighted by atomic mass is 32.2. The molecule has 0 saturated carbocycles. The molecule has 26 heavy (non-hydrogen) atoms. The number of amides is 1. The van der Waals surface area contributed by atoms with Gasteiger partial charge in [-0.3, -0.25) is 9.36 Å². The number of rotatable bonds is 6. The van der Waals surface area contributed by atoms with Crippen molar-refractivity contribution in [3.63, 3.8) is 0 Å². The van der Waals surface area contributed by atoms with Gasteiger partial charge in [0.15, 0.2) is 0 Å². The van der Waals surface area contributed by atoms with Gasteiger partial charge in [0.05, 0.1) is 25.0 Å². The molecule has 0 radical (unpaired) electrons. The zero-order valence-corrected chi connectivity index (χ0v) is 15.4. The number of sulfonamides is 1. The first-order valence-electron chi connectivity index (χ1n) is 8.11. The van der Waals surface area contributed by atoms with E-state index in [0.29, 0.717) is 18.8 Å². The number of carbonyl (C=O) groups excluding carboxylic acids is 1. The number of carbonyl (C=O) groups is 1. The molecule has 2 heterocycles. The minimum Gasteiger partial charge on any atom is -0.379 e. The van der Waals surface area contributed by atoms with Gasteiger partial charge in [-0.25, -0.2) is 12.7 Å². The second-order valence-corrected chi connectivity index (χ2v) is 8.59. The predicted octanol–water partition coefficient (Wildman–Crippen LogP) is -0.0965. The lowest BCUT2D eigenvalue weighted by Gasteiger charge is -2.21. The smallest absolute Gasteiger partial charge is 0.251 e. The van der Waals surface area contributed by atoms with Crippen molar-refractivity contribution < 1.29 is 17.9 Å². The van der Waals surface area contributed by atoms with E-state index in [2.05, 4.69) is 15.5 Å². The standard InChI is InChI=1S/C16H21N5O4S/c1-20(2)26(23,24)9-13-7-25-8-15(13)19-16(22)12-4-3-5-14(6-12)21-10-17-18-11-21/h3-6,10-11,13,15H,7-9H2,1-2H3,(H,19,22)/t13-,15+/m0/s1. The Morgan fingerprint density at radius 3 is 2.73 bits per heavy atom. The summed E-state index contributed by atoms with van der Waals surface area (Å²) in [5, 5.41) is 10.4. The number of nitrogens with one attached hydrogen (secondary N) is 1. The van der Waals surface area contributed by atoms with E-state index >= 15 is 0 Å². The largest absolute Gasteiger partial charge is 0.379 e. The number of ether oxygens (including phenoxy) is 1. The molecule has 1 fully saturated rings. The average Bonchev–Trinajstić information content (AvgIpc) is 3.27. The Hall–Kier alpha value is -2.30. The first kappa shape index (κ1) is 18.5. The van der Waals surface area contributed by atoms with Crippen molar-refractivity contribution in [3.05, 3.63) is 42.5 Å². The van der Waals surface area contributed by atoms with Gasteiger partial charge in [-0.1, -0.05) is 6.07 Å². The Labute approximate surface area is 152 Å². The van der Waals surface area contributed by atoms with E-state index in [-0.39, 0.29) is 23.6 Å². The third-order valence-corrected chi connectivity index (χ3v) is 6.28. The van der Waals surface area contributed by atoms with Crippen molar-refractivity contribution in [2.45, 2.75) is 6.04 Å². The van der Waals surface area contributed by atoms with Crippen molar-refractivity contribution in [2.75, 3.05) is 33.1 Å². The summed E-state index contributed by atoms with van der Waals surface area (Å²) in [7, 11) is -0.376. The highest BCUT2D eigenvalue weighted by molar-refractivity contribution is 7.89. The molecule has 0 aliphatic carbocycles. The summed E-state index contributed by atoms with van der Waals surface area (Å²) in [6.45, 7) is 0.600. The Morgan fingerprint density at radius 1 is 1.31 bits per heavy atom. The van der Waals surface area contributed by atoms with Gasteiger partial charge in [0.2, 0.25) is 10.0 Å². The van der Waals surface area contributed by atoms with Crippen molar-refractivity contribution >= 4 is 15.9 Å². The SMILES string of the molecule is CN(C)S(=O)(=O)C[C@@H]1COC[C@H]1NC(=O)c1cccc(-n2cnnc2)c1. The Balaban J connectivity index is 1.70. The van der Waals surface area contributed by atoms with E-state index in [9.17, 15) is 13.2 Å². The summed E-state index contributed by atoms with van der Waals surface area (Å²) in [4.78, 5) is 12.6. The maximum absolute atomic E-state index is 12.6. The highest BCUT2D eigenvalue weighted by Gasteiger charge is 2.34. The maximum Gasteiger partial charge on any atom is 0.251 e. The van der Waals surface area contributed by atoms with E-state index in [4.69, 9.17) is 4.74 Å². The minimum absolute atomic E-state index is 0.0638. The fraction of sp³-hybridized carbons (Fsp3) is 0.438. The van der Waals surface area contributed by atoms with Crippen LogP contribution in [-0.4, -0.2) is 72.5 Å². The molecule has 1 aliphatic heterocycles. The van der Waals surface area contributed by atoms with Crippen molar-refractivity contribution in [3.8, 4) is 5.69 Å². The Bertz CT molecular complexity index is 867. The second-order valence-electron chi connectivity index (χ2n) is 6.36. The van der Waals surface area contributed by atoms with E-state index < -0.39 is 10.0 Å². The highest BCUT2D eigenvalue weighted by Crippen LogP contribution is 2.18. The van der Waals surface area contributed by atoms with Crippen molar-refractivity contribution in [1.82, 2.24) is 24.4 Å². The number of hydrogen-bond donors (Lipinski definition) is 1. The molecule has 2 aromatic rings. The molecule has 10 heteroatoms. The molecular formula is C16H21N5O4S. The van der Waals surface area contributed by atoms with Crippen LogP contribution in [0.2, 0.25) is 0 Å². The summed E-state index contributed by atoms with van der Waals surface area (Å²) in [5.41, 5.74) is 1.23. The molecule has 3 rings (SSSR count). The molecule has 2 atom stereocenters. The van der Waals surface area contributed by atoms with Crippen LogP contribution in [0.3, 0.4) is 0 Å². The summed E-state index contributed by atoms with van der Waals surface area (Å²) in [5.74, 6) is -0.624. The number of hydrogen-bond acceptors (Lipinski definition) is 6. The summed E-state index contributed by atoms with van der Waals surface area (Å²) >= 11 is 0. The van der Waals surface area contributed by atoms with Gasteiger partial charge in [-0.15, -0.1) is 10.2 Å². The van der Waals surface area contributed by atoms with E-state index in [1.807, 2.05) is 6.07 Å². The first-order valence-corrected chi connectivity index (χ1v) is 9.71. The molecule has 1 aromatic carbocycles.